The van der Waals surface area contributed by atoms with E-state index in [2.05, 4.69) is 42.5 Å². The molecule has 0 fully saturated rings. The van der Waals surface area contributed by atoms with Gasteiger partial charge in [-0.05, 0) is 40.4 Å². The summed E-state index contributed by atoms with van der Waals surface area (Å²) in [6.07, 6.45) is 0.405. The predicted molar refractivity (Wildman–Crippen MR) is 101 cm³/mol. The fraction of sp³-hybridized carbons (Fsp3) is 0.429. The van der Waals surface area contributed by atoms with E-state index in [4.69, 9.17) is 11.6 Å². The number of amides is 2. The van der Waals surface area contributed by atoms with E-state index in [1.54, 1.807) is 12.1 Å². The van der Waals surface area contributed by atoms with Gasteiger partial charge in [-0.2, -0.15) is 0 Å². The second kappa shape index (κ2) is 9.77. The van der Waals surface area contributed by atoms with Crippen LogP contribution < -0.4 is 10.6 Å². The Kier molecular flexibility index (Phi) is 8.73. The molecule has 10 heteroatoms. The van der Waals surface area contributed by atoms with Crippen molar-refractivity contribution >= 4 is 62.4 Å². The number of rotatable bonds is 7. The lowest BCUT2D eigenvalue weighted by atomic mass is 9.75. The second-order valence-electron chi connectivity index (χ2n) is 5.65. The van der Waals surface area contributed by atoms with E-state index in [0.29, 0.717) is 15.4 Å². The number of carbonyl (C=O) groups excluding carboxylic acids is 2. The van der Waals surface area contributed by atoms with Crippen molar-refractivity contribution in [1.82, 2.24) is 10.6 Å². The normalized spacial score (nSPS) is 12.0. The van der Waals surface area contributed by atoms with Gasteiger partial charge in [0.05, 0.1) is 23.1 Å². The number of halogens is 3. The lowest BCUT2D eigenvalue weighted by Crippen LogP contribution is -2.50. The molecule has 24 heavy (non-hydrogen) atoms. The molecule has 1 aromatic carbocycles. The minimum Gasteiger partial charge on any atom is -0.426 e. The Bertz CT molecular complexity index is 617. The fourth-order valence-electron chi connectivity index (χ4n) is 2.00. The second-order valence-corrected chi connectivity index (χ2v) is 7.80. The lowest BCUT2D eigenvalue weighted by Gasteiger charge is -2.19. The van der Waals surface area contributed by atoms with Gasteiger partial charge >= 0.3 is 7.12 Å². The first kappa shape index (κ1) is 21.4. The molecule has 6 nitrogen and oxygen atoms in total. The van der Waals surface area contributed by atoms with Gasteiger partial charge in [0.1, 0.15) is 0 Å². The molecule has 0 heterocycles. The smallest absolute Gasteiger partial charge is 0.426 e. The highest BCUT2D eigenvalue weighted by molar-refractivity contribution is 9.11. The fourth-order valence-corrected chi connectivity index (χ4v) is 3.42. The maximum Gasteiger partial charge on any atom is 0.475 e. The number of carbonyl (C=O) groups is 2. The molecule has 2 amide bonds. The van der Waals surface area contributed by atoms with Crippen molar-refractivity contribution in [2.75, 3.05) is 6.54 Å². The van der Waals surface area contributed by atoms with Gasteiger partial charge < -0.3 is 20.7 Å². The Morgan fingerprint density at radius 3 is 2.46 bits per heavy atom. The van der Waals surface area contributed by atoms with Crippen molar-refractivity contribution in [3.63, 3.8) is 0 Å². The summed E-state index contributed by atoms with van der Waals surface area (Å²) in [6, 6.07) is 3.24. The van der Waals surface area contributed by atoms with E-state index in [1.807, 2.05) is 13.8 Å². The van der Waals surface area contributed by atoms with Crippen molar-refractivity contribution in [3.05, 3.63) is 31.7 Å². The number of hydrogen-bond acceptors (Lipinski definition) is 4. The Hall–Kier alpha value is -0.605. The maximum atomic E-state index is 12.2. The van der Waals surface area contributed by atoms with Crippen molar-refractivity contribution < 1.29 is 19.6 Å². The van der Waals surface area contributed by atoms with Crippen molar-refractivity contribution in [3.8, 4) is 0 Å². The molecule has 0 bridgehead atoms. The van der Waals surface area contributed by atoms with Crippen LogP contribution in [0.2, 0.25) is 5.02 Å². The third-order valence-corrected chi connectivity index (χ3v) is 4.80. The predicted octanol–water partition coefficient (Wildman–Crippen LogP) is 2.14. The highest BCUT2D eigenvalue weighted by atomic mass is 79.9. The van der Waals surface area contributed by atoms with Gasteiger partial charge in [-0.15, -0.1) is 0 Å². The largest absolute Gasteiger partial charge is 0.475 e. The van der Waals surface area contributed by atoms with Gasteiger partial charge in [-0.3, -0.25) is 9.59 Å². The zero-order chi connectivity index (χ0) is 18.4. The Labute approximate surface area is 162 Å². The van der Waals surface area contributed by atoms with Crippen LogP contribution in [0.5, 0.6) is 0 Å². The van der Waals surface area contributed by atoms with E-state index in [-0.39, 0.29) is 23.0 Å². The quantitative estimate of drug-likeness (QED) is 0.352. The monoisotopic (exact) mass is 482 g/mol. The van der Waals surface area contributed by atoms with Crippen molar-refractivity contribution in [1.29, 1.82) is 0 Å². The minimum atomic E-state index is -1.66. The summed E-state index contributed by atoms with van der Waals surface area (Å²) in [4.78, 5) is 24.1. The standard InChI is InChI=1S/C14H18BBr2ClN2O4/c1-7(2)3-11(15(23)24)20-12(21)6-19-14(22)9-4-8(16)5-10(17)13(9)18/h4-5,7,11,23-24H,3,6H2,1-2H3,(H,19,22)(H,20,21)/t11-/m0/s1. The van der Waals surface area contributed by atoms with Gasteiger partial charge in [-0.1, -0.05) is 41.4 Å². The molecule has 0 aromatic heterocycles. The van der Waals surface area contributed by atoms with Crippen LogP contribution in [-0.2, 0) is 4.79 Å². The number of benzene rings is 1. The number of hydrogen-bond donors (Lipinski definition) is 4. The Morgan fingerprint density at radius 2 is 1.92 bits per heavy atom. The molecule has 1 atom stereocenters. The molecule has 132 valence electrons. The molecule has 4 N–H and O–H groups in total. The molecule has 0 aliphatic heterocycles. The zero-order valence-corrected chi connectivity index (χ0v) is 17.1. The Morgan fingerprint density at radius 1 is 1.29 bits per heavy atom. The van der Waals surface area contributed by atoms with Crippen LogP contribution in [0.15, 0.2) is 21.1 Å². The molecule has 1 aromatic rings. The molecule has 0 saturated carbocycles. The topological polar surface area (TPSA) is 98.7 Å². The van der Waals surface area contributed by atoms with Crippen LogP contribution in [0.4, 0.5) is 0 Å². The van der Waals surface area contributed by atoms with Crippen LogP contribution in [0.3, 0.4) is 0 Å². The van der Waals surface area contributed by atoms with Crippen LogP contribution in [0.1, 0.15) is 30.6 Å². The van der Waals surface area contributed by atoms with Gasteiger partial charge in [0, 0.05) is 8.95 Å². The molecule has 0 aliphatic carbocycles. The first-order valence-electron chi connectivity index (χ1n) is 7.20. The zero-order valence-electron chi connectivity index (χ0n) is 13.1. The summed E-state index contributed by atoms with van der Waals surface area (Å²) in [5.74, 6) is -1.66. The summed E-state index contributed by atoms with van der Waals surface area (Å²) in [6.45, 7) is 3.49. The summed E-state index contributed by atoms with van der Waals surface area (Å²) >= 11 is 12.6. The van der Waals surface area contributed by atoms with E-state index in [9.17, 15) is 19.6 Å². The first-order valence-corrected chi connectivity index (χ1v) is 9.16. The highest BCUT2D eigenvalue weighted by Crippen LogP contribution is 2.30. The van der Waals surface area contributed by atoms with Gasteiger partial charge in [0.15, 0.2) is 0 Å². The van der Waals surface area contributed by atoms with E-state index in [1.165, 1.54) is 0 Å². The third-order valence-electron chi connectivity index (χ3n) is 3.08. The average Bonchev–Trinajstić information content (AvgIpc) is 2.47. The maximum absolute atomic E-state index is 12.2. The number of nitrogens with one attached hydrogen (secondary N) is 2. The summed E-state index contributed by atoms with van der Waals surface area (Å²) in [7, 11) is -1.66. The molecule has 0 spiro atoms. The van der Waals surface area contributed by atoms with Gasteiger partial charge in [-0.25, -0.2) is 0 Å². The summed E-state index contributed by atoms with van der Waals surface area (Å²) in [5, 5.41) is 23.8. The lowest BCUT2D eigenvalue weighted by molar-refractivity contribution is -0.120. The molecule has 0 unspecified atom stereocenters. The van der Waals surface area contributed by atoms with E-state index < -0.39 is 24.9 Å². The van der Waals surface area contributed by atoms with Crippen LogP contribution in [0, 0.1) is 5.92 Å². The molecule has 1 rings (SSSR count). The molecule has 0 radical (unpaired) electrons. The van der Waals surface area contributed by atoms with Crippen molar-refractivity contribution in [2.24, 2.45) is 5.92 Å². The molecular weight excluding hydrogens is 466 g/mol. The van der Waals surface area contributed by atoms with E-state index in [0.717, 1.165) is 0 Å². The first-order chi connectivity index (χ1) is 11.1. The third kappa shape index (κ3) is 6.72. The van der Waals surface area contributed by atoms with Gasteiger partial charge in [0.25, 0.3) is 5.91 Å². The average molecular weight is 484 g/mol. The summed E-state index contributed by atoms with van der Waals surface area (Å²) < 4.78 is 1.21. The van der Waals surface area contributed by atoms with Crippen molar-refractivity contribution in [2.45, 2.75) is 26.2 Å². The molecule has 0 aliphatic rings. The van der Waals surface area contributed by atoms with E-state index >= 15 is 0 Å². The SMILES string of the molecule is CC(C)C[C@H](NC(=O)CNC(=O)c1cc(Br)cc(Br)c1Cl)B(O)O. The Balaban J connectivity index is 2.65. The highest BCUT2D eigenvalue weighted by Gasteiger charge is 2.26. The minimum absolute atomic E-state index is 0.171. The van der Waals surface area contributed by atoms with Crippen LogP contribution in [-0.4, -0.2) is 41.5 Å². The molecular formula is C14H18BBr2ClN2O4. The molecule has 0 saturated heterocycles. The summed E-state index contributed by atoms with van der Waals surface area (Å²) in [5.41, 5.74) is 0.214. The van der Waals surface area contributed by atoms with Crippen LogP contribution in [0.25, 0.3) is 0 Å². The van der Waals surface area contributed by atoms with Gasteiger partial charge in [0.2, 0.25) is 5.91 Å². The van der Waals surface area contributed by atoms with Crippen LogP contribution >= 0.6 is 43.5 Å².